The highest BCUT2D eigenvalue weighted by atomic mass is 15.3. The minimum atomic E-state index is 0.531. The van der Waals surface area contributed by atoms with Crippen LogP contribution in [0.3, 0.4) is 0 Å². The second kappa shape index (κ2) is 5.15. The van der Waals surface area contributed by atoms with Gasteiger partial charge in [-0.15, -0.1) is 0 Å². The summed E-state index contributed by atoms with van der Waals surface area (Å²) < 4.78 is 2.02. The monoisotopic (exact) mass is 195 g/mol. The maximum atomic E-state index is 4.31. The molecule has 0 saturated heterocycles. The molecule has 0 spiro atoms. The molecule has 14 heavy (non-hydrogen) atoms. The Morgan fingerprint density at radius 3 is 2.64 bits per heavy atom. The highest BCUT2D eigenvalue weighted by molar-refractivity contribution is 5.03. The van der Waals surface area contributed by atoms with Gasteiger partial charge in [-0.05, 0) is 5.92 Å². The maximum absolute atomic E-state index is 4.31. The number of hydrogen-bond donors (Lipinski definition) is 1. The van der Waals surface area contributed by atoms with Crippen LogP contribution >= 0.6 is 0 Å². The third kappa shape index (κ3) is 3.92. The van der Waals surface area contributed by atoms with E-state index in [4.69, 9.17) is 0 Å². The number of nitrogens with zero attached hydrogens (tertiary/aromatic N) is 2. The number of hydrogen-bond acceptors (Lipinski definition) is 2. The fourth-order valence-corrected chi connectivity index (χ4v) is 1.29. The molecular formula is C11H21N3. The zero-order chi connectivity index (χ0) is 10.6. The van der Waals surface area contributed by atoms with E-state index in [-0.39, 0.29) is 0 Å². The zero-order valence-corrected chi connectivity index (χ0v) is 9.62. The van der Waals surface area contributed by atoms with E-state index in [0.717, 1.165) is 13.1 Å². The van der Waals surface area contributed by atoms with E-state index in [2.05, 4.69) is 44.3 Å². The summed E-state index contributed by atoms with van der Waals surface area (Å²) in [6.45, 7) is 10.6. The van der Waals surface area contributed by atoms with Crippen molar-refractivity contribution in [3.63, 3.8) is 0 Å². The van der Waals surface area contributed by atoms with Crippen LogP contribution in [-0.4, -0.2) is 15.8 Å². The van der Waals surface area contributed by atoms with Crippen LogP contribution in [-0.2, 0) is 13.1 Å². The first-order valence-corrected chi connectivity index (χ1v) is 5.32. The first-order valence-electron chi connectivity index (χ1n) is 5.32. The molecule has 0 unspecified atom stereocenters. The van der Waals surface area contributed by atoms with Crippen LogP contribution in [0.5, 0.6) is 0 Å². The van der Waals surface area contributed by atoms with Gasteiger partial charge in [-0.3, -0.25) is 4.68 Å². The first-order chi connectivity index (χ1) is 6.58. The second-order valence-electron chi connectivity index (χ2n) is 4.50. The molecule has 0 fully saturated rings. The Balaban J connectivity index is 2.42. The standard InChI is InChI=1S/C11H21N3/c1-9(2)7-14-8-11(6-13-14)5-12-10(3)4/h6,8-10,12H,5,7H2,1-4H3. The van der Waals surface area contributed by atoms with E-state index >= 15 is 0 Å². The van der Waals surface area contributed by atoms with Crippen LogP contribution in [0.25, 0.3) is 0 Å². The summed E-state index contributed by atoms with van der Waals surface area (Å²) in [5.41, 5.74) is 1.26. The predicted octanol–water partition coefficient (Wildman–Crippen LogP) is 2.04. The van der Waals surface area contributed by atoms with Crippen molar-refractivity contribution in [2.45, 2.75) is 46.8 Å². The van der Waals surface area contributed by atoms with Crippen LogP contribution in [0.4, 0.5) is 0 Å². The van der Waals surface area contributed by atoms with E-state index in [1.807, 2.05) is 10.9 Å². The lowest BCUT2D eigenvalue weighted by molar-refractivity contribution is 0.482. The van der Waals surface area contributed by atoms with Crippen LogP contribution in [0.15, 0.2) is 12.4 Å². The lowest BCUT2D eigenvalue weighted by Gasteiger charge is -2.06. The molecule has 0 bridgehead atoms. The Hall–Kier alpha value is -0.830. The number of aromatic nitrogens is 2. The molecule has 1 heterocycles. The van der Waals surface area contributed by atoms with E-state index in [1.54, 1.807) is 0 Å². The molecule has 3 heteroatoms. The average Bonchev–Trinajstić information content (AvgIpc) is 2.47. The van der Waals surface area contributed by atoms with Gasteiger partial charge in [0.25, 0.3) is 0 Å². The lowest BCUT2D eigenvalue weighted by Crippen LogP contribution is -2.21. The molecule has 0 aromatic carbocycles. The normalized spacial score (nSPS) is 11.6. The summed E-state index contributed by atoms with van der Waals surface area (Å²) in [5.74, 6) is 0.654. The third-order valence-corrected chi connectivity index (χ3v) is 1.95. The van der Waals surface area contributed by atoms with Gasteiger partial charge in [0.15, 0.2) is 0 Å². The molecule has 0 radical (unpaired) electrons. The van der Waals surface area contributed by atoms with E-state index in [0.29, 0.717) is 12.0 Å². The Morgan fingerprint density at radius 2 is 2.07 bits per heavy atom. The van der Waals surface area contributed by atoms with Crippen molar-refractivity contribution in [1.29, 1.82) is 0 Å². The average molecular weight is 195 g/mol. The van der Waals surface area contributed by atoms with Crippen LogP contribution in [0, 0.1) is 5.92 Å². The fourth-order valence-electron chi connectivity index (χ4n) is 1.29. The van der Waals surface area contributed by atoms with E-state index < -0.39 is 0 Å². The molecule has 1 aromatic heterocycles. The van der Waals surface area contributed by atoms with Crippen molar-refractivity contribution in [3.05, 3.63) is 18.0 Å². The van der Waals surface area contributed by atoms with Crippen LogP contribution in [0.1, 0.15) is 33.3 Å². The largest absolute Gasteiger partial charge is 0.310 e. The van der Waals surface area contributed by atoms with E-state index in [9.17, 15) is 0 Å². The van der Waals surface area contributed by atoms with E-state index in [1.165, 1.54) is 5.56 Å². The Kier molecular flexibility index (Phi) is 4.14. The van der Waals surface area contributed by atoms with Crippen molar-refractivity contribution in [3.8, 4) is 0 Å². The number of rotatable bonds is 5. The molecule has 0 saturated carbocycles. The first kappa shape index (κ1) is 11.2. The Labute approximate surface area is 86.5 Å². The molecular weight excluding hydrogens is 174 g/mol. The van der Waals surface area contributed by atoms with Crippen molar-refractivity contribution < 1.29 is 0 Å². The van der Waals surface area contributed by atoms with Crippen LogP contribution in [0.2, 0.25) is 0 Å². The fraction of sp³-hybridized carbons (Fsp3) is 0.727. The summed E-state index contributed by atoms with van der Waals surface area (Å²) >= 11 is 0. The number of nitrogens with one attached hydrogen (secondary N) is 1. The molecule has 0 aliphatic rings. The molecule has 3 nitrogen and oxygen atoms in total. The summed E-state index contributed by atoms with van der Waals surface area (Å²) in [4.78, 5) is 0. The summed E-state index contributed by atoms with van der Waals surface area (Å²) in [5, 5.41) is 7.69. The SMILES string of the molecule is CC(C)Cn1cc(CNC(C)C)cn1. The van der Waals surface area contributed by atoms with Gasteiger partial charge in [0.1, 0.15) is 0 Å². The van der Waals surface area contributed by atoms with Gasteiger partial charge in [0.05, 0.1) is 6.20 Å². The van der Waals surface area contributed by atoms with Gasteiger partial charge in [-0.2, -0.15) is 5.10 Å². The van der Waals surface area contributed by atoms with Crippen molar-refractivity contribution >= 4 is 0 Å². The quantitative estimate of drug-likeness (QED) is 0.779. The highest BCUT2D eigenvalue weighted by Gasteiger charge is 2.01. The summed E-state index contributed by atoms with van der Waals surface area (Å²) in [7, 11) is 0. The molecule has 0 aliphatic carbocycles. The van der Waals surface area contributed by atoms with Gasteiger partial charge in [-0.25, -0.2) is 0 Å². The van der Waals surface area contributed by atoms with Crippen molar-refractivity contribution in [1.82, 2.24) is 15.1 Å². The second-order valence-corrected chi connectivity index (χ2v) is 4.50. The van der Waals surface area contributed by atoms with Crippen molar-refractivity contribution in [2.24, 2.45) is 5.92 Å². The Morgan fingerprint density at radius 1 is 1.36 bits per heavy atom. The summed E-state index contributed by atoms with van der Waals surface area (Å²) in [6, 6.07) is 0.531. The topological polar surface area (TPSA) is 29.9 Å². The van der Waals surface area contributed by atoms with Gasteiger partial charge < -0.3 is 5.32 Å². The molecule has 80 valence electrons. The smallest absolute Gasteiger partial charge is 0.0534 e. The van der Waals surface area contributed by atoms with Crippen LogP contribution < -0.4 is 5.32 Å². The van der Waals surface area contributed by atoms with Crippen molar-refractivity contribution in [2.75, 3.05) is 0 Å². The lowest BCUT2D eigenvalue weighted by atomic mass is 10.2. The maximum Gasteiger partial charge on any atom is 0.0534 e. The molecule has 1 aromatic rings. The van der Waals surface area contributed by atoms with Gasteiger partial charge >= 0.3 is 0 Å². The minimum absolute atomic E-state index is 0.531. The zero-order valence-electron chi connectivity index (χ0n) is 9.62. The molecule has 0 atom stereocenters. The minimum Gasteiger partial charge on any atom is -0.310 e. The van der Waals surface area contributed by atoms with Gasteiger partial charge in [0.2, 0.25) is 0 Å². The molecule has 1 N–H and O–H groups in total. The highest BCUT2D eigenvalue weighted by Crippen LogP contribution is 2.01. The third-order valence-electron chi connectivity index (χ3n) is 1.95. The van der Waals surface area contributed by atoms with Gasteiger partial charge in [0, 0.05) is 30.9 Å². The van der Waals surface area contributed by atoms with Gasteiger partial charge in [-0.1, -0.05) is 27.7 Å². The summed E-state index contributed by atoms with van der Waals surface area (Å²) in [6.07, 6.45) is 4.06. The predicted molar refractivity (Wildman–Crippen MR) is 59.0 cm³/mol. The molecule has 0 amide bonds. The Bertz CT molecular complexity index is 263. The molecule has 1 rings (SSSR count). The molecule has 0 aliphatic heterocycles.